The van der Waals surface area contributed by atoms with E-state index < -0.39 is 0 Å². The van der Waals surface area contributed by atoms with Crippen LogP contribution in [0.3, 0.4) is 0 Å². The number of anilines is 1. The molecule has 1 aromatic carbocycles. The van der Waals surface area contributed by atoms with Crippen LogP contribution in [0.25, 0.3) is 10.9 Å². The maximum atomic E-state index is 12.0. The average Bonchev–Trinajstić information content (AvgIpc) is 3.05. The summed E-state index contributed by atoms with van der Waals surface area (Å²) in [5, 5.41) is 8.93. The third kappa shape index (κ3) is 4.35. The minimum atomic E-state index is -0.324. The minimum Gasteiger partial charge on any atom is -0.457 e. The lowest BCUT2D eigenvalue weighted by molar-refractivity contribution is 0.243. The molecule has 0 fully saturated rings. The molecule has 0 bridgehead atoms. The Morgan fingerprint density at radius 3 is 2.59 bits per heavy atom. The highest BCUT2D eigenvalue weighted by atomic mass is 16.5. The number of hydrogen-bond donors (Lipinski definition) is 3. The number of aromatic nitrogens is 2. The van der Waals surface area contributed by atoms with Crippen molar-refractivity contribution in [2.24, 2.45) is 0 Å². The van der Waals surface area contributed by atoms with Crippen LogP contribution < -0.4 is 20.7 Å². The number of nitrogens with one attached hydrogen (secondary N) is 3. The smallest absolute Gasteiger partial charge is 0.326 e. The number of nitrogens with zero attached hydrogens (tertiary/aromatic N) is 2. The summed E-state index contributed by atoms with van der Waals surface area (Å²) in [6.07, 6.45) is 3.28. The zero-order valence-electron chi connectivity index (χ0n) is 15.2. The van der Waals surface area contributed by atoms with Gasteiger partial charge < -0.3 is 15.4 Å². The highest BCUT2D eigenvalue weighted by molar-refractivity contribution is 5.92. The molecular weight excluding hydrogens is 346 g/mol. The van der Waals surface area contributed by atoms with Crippen molar-refractivity contribution in [2.75, 3.05) is 18.4 Å². The molecule has 0 saturated heterocycles. The molecule has 0 aliphatic rings. The third-order valence-corrected chi connectivity index (χ3v) is 3.75. The van der Waals surface area contributed by atoms with E-state index in [1.165, 1.54) is 0 Å². The molecular formula is C19H21N5O3. The fourth-order valence-electron chi connectivity index (χ4n) is 2.60. The Labute approximate surface area is 156 Å². The van der Waals surface area contributed by atoms with E-state index in [1.54, 1.807) is 35.2 Å². The normalized spacial score (nSPS) is 10.4. The zero-order valence-corrected chi connectivity index (χ0v) is 15.2. The summed E-state index contributed by atoms with van der Waals surface area (Å²) in [5.41, 5.74) is 0.793. The van der Waals surface area contributed by atoms with Crippen molar-refractivity contribution in [1.29, 1.82) is 0 Å². The molecule has 140 valence electrons. The van der Waals surface area contributed by atoms with E-state index in [0.717, 1.165) is 10.9 Å². The van der Waals surface area contributed by atoms with Crippen LogP contribution in [0.1, 0.15) is 13.8 Å². The molecule has 8 heteroatoms. The second kappa shape index (κ2) is 8.22. The summed E-state index contributed by atoms with van der Waals surface area (Å²) in [6, 6.07) is 10.2. The van der Waals surface area contributed by atoms with Crippen LogP contribution in [0.2, 0.25) is 0 Å². The van der Waals surface area contributed by atoms with Gasteiger partial charge in [-0.05, 0) is 44.2 Å². The van der Waals surface area contributed by atoms with Gasteiger partial charge in [-0.3, -0.25) is 9.88 Å². The summed E-state index contributed by atoms with van der Waals surface area (Å²) in [4.78, 5) is 27.7. The summed E-state index contributed by atoms with van der Waals surface area (Å²) in [5.74, 6) is 1.55. The number of fused-ring (bicyclic) bond motifs is 1. The fourth-order valence-corrected chi connectivity index (χ4v) is 2.60. The van der Waals surface area contributed by atoms with Crippen LogP contribution in [-0.2, 0) is 0 Å². The summed E-state index contributed by atoms with van der Waals surface area (Å²) >= 11 is 0. The van der Waals surface area contributed by atoms with E-state index in [0.29, 0.717) is 30.4 Å². The average molecular weight is 367 g/mol. The van der Waals surface area contributed by atoms with Crippen molar-refractivity contribution in [3.05, 3.63) is 48.8 Å². The Kier molecular flexibility index (Phi) is 5.55. The summed E-state index contributed by atoms with van der Waals surface area (Å²) in [7, 11) is 0. The Morgan fingerprint density at radius 1 is 1.04 bits per heavy atom. The molecule has 2 aromatic heterocycles. The van der Waals surface area contributed by atoms with E-state index in [2.05, 4.69) is 20.9 Å². The van der Waals surface area contributed by atoms with Gasteiger partial charge in [0.15, 0.2) is 0 Å². The lowest BCUT2D eigenvalue weighted by Gasteiger charge is -2.09. The lowest BCUT2D eigenvalue weighted by Crippen LogP contribution is -2.28. The minimum absolute atomic E-state index is 0.170. The molecule has 0 aliphatic heterocycles. The first-order chi connectivity index (χ1) is 13.1. The molecule has 3 N–H and O–H groups in total. The molecule has 0 spiro atoms. The quantitative estimate of drug-likeness (QED) is 0.642. The highest BCUT2D eigenvalue weighted by Gasteiger charge is 2.09. The molecule has 0 radical (unpaired) electrons. The number of benzene rings is 1. The Balaban J connectivity index is 1.77. The predicted octanol–water partition coefficient (Wildman–Crippen LogP) is 3.55. The van der Waals surface area contributed by atoms with Crippen molar-refractivity contribution in [1.82, 2.24) is 20.2 Å². The predicted molar refractivity (Wildman–Crippen MR) is 103 cm³/mol. The van der Waals surface area contributed by atoms with E-state index in [4.69, 9.17) is 4.74 Å². The van der Waals surface area contributed by atoms with Gasteiger partial charge in [0.05, 0.1) is 5.52 Å². The van der Waals surface area contributed by atoms with Gasteiger partial charge in [-0.15, -0.1) is 0 Å². The van der Waals surface area contributed by atoms with Crippen LogP contribution in [0.4, 0.5) is 15.4 Å². The zero-order chi connectivity index (χ0) is 19.2. The van der Waals surface area contributed by atoms with Gasteiger partial charge in [0.2, 0.25) is 0 Å². The van der Waals surface area contributed by atoms with Crippen molar-refractivity contribution < 1.29 is 14.3 Å². The van der Waals surface area contributed by atoms with Crippen molar-refractivity contribution in [3.63, 3.8) is 0 Å². The Hall–Kier alpha value is -3.55. The molecule has 0 unspecified atom stereocenters. The van der Waals surface area contributed by atoms with Crippen molar-refractivity contribution in [3.8, 4) is 11.5 Å². The molecule has 3 rings (SSSR count). The van der Waals surface area contributed by atoms with Crippen LogP contribution >= 0.6 is 0 Å². The maximum Gasteiger partial charge on any atom is 0.326 e. The number of rotatable bonds is 5. The van der Waals surface area contributed by atoms with E-state index in [-0.39, 0.29) is 12.1 Å². The van der Waals surface area contributed by atoms with Gasteiger partial charge in [0.1, 0.15) is 17.3 Å². The van der Waals surface area contributed by atoms with Gasteiger partial charge in [-0.2, -0.15) is 0 Å². The number of amides is 3. The Morgan fingerprint density at radius 2 is 1.81 bits per heavy atom. The molecule has 3 amide bonds. The van der Waals surface area contributed by atoms with Crippen LogP contribution in [0.5, 0.6) is 11.5 Å². The number of carbonyl (C=O) groups is 2. The van der Waals surface area contributed by atoms with E-state index >= 15 is 0 Å². The first kappa shape index (κ1) is 18.2. The number of pyridine rings is 1. The first-order valence-electron chi connectivity index (χ1n) is 8.68. The second-order valence-electron chi connectivity index (χ2n) is 5.71. The first-order valence-corrected chi connectivity index (χ1v) is 8.68. The molecule has 0 atom stereocenters. The Bertz CT molecular complexity index is 967. The molecule has 8 nitrogen and oxygen atoms in total. The monoisotopic (exact) mass is 367 g/mol. The molecule has 2 heterocycles. The van der Waals surface area contributed by atoms with Gasteiger partial charge in [-0.25, -0.2) is 14.6 Å². The number of hydrogen-bond acceptors (Lipinski definition) is 4. The van der Waals surface area contributed by atoms with E-state index in [1.807, 2.05) is 32.0 Å². The van der Waals surface area contributed by atoms with Crippen LogP contribution in [-0.4, -0.2) is 34.7 Å². The second-order valence-corrected chi connectivity index (χ2v) is 5.71. The standard InChI is InChI=1S/C19H21N5O3/c1-3-20-18(25)23-17-12-15(7-9-22-17)27-14-5-6-16-13(11-14)8-10-24(16)19(26)21-4-2/h5-12H,3-4H2,1-2H3,(H,21,26)(H2,20,22,23,25). The summed E-state index contributed by atoms with van der Waals surface area (Å²) < 4.78 is 7.42. The number of carbonyl (C=O) groups excluding carboxylic acids is 2. The summed E-state index contributed by atoms with van der Waals surface area (Å²) in [6.45, 7) is 4.80. The maximum absolute atomic E-state index is 12.0. The largest absolute Gasteiger partial charge is 0.457 e. The number of ether oxygens (including phenoxy) is 1. The van der Waals surface area contributed by atoms with Crippen LogP contribution in [0, 0.1) is 0 Å². The molecule has 0 aliphatic carbocycles. The van der Waals surface area contributed by atoms with Crippen molar-refractivity contribution in [2.45, 2.75) is 13.8 Å². The third-order valence-electron chi connectivity index (χ3n) is 3.75. The highest BCUT2D eigenvalue weighted by Crippen LogP contribution is 2.27. The number of urea groups is 1. The molecule has 0 saturated carbocycles. The van der Waals surface area contributed by atoms with Gasteiger partial charge in [0, 0.05) is 36.9 Å². The molecule has 3 aromatic rings. The van der Waals surface area contributed by atoms with E-state index in [9.17, 15) is 9.59 Å². The van der Waals surface area contributed by atoms with Crippen LogP contribution in [0.15, 0.2) is 48.8 Å². The SMILES string of the molecule is CCNC(=O)Nc1cc(Oc2ccc3c(ccn3C(=O)NCC)c2)ccn1. The van der Waals surface area contributed by atoms with Crippen molar-refractivity contribution >= 4 is 28.8 Å². The fraction of sp³-hybridized carbons (Fsp3) is 0.211. The van der Waals surface area contributed by atoms with Gasteiger partial charge in [-0.1, -0.05) is 0 Å². The van der Waals surface area contributed by atoms with Gasteiger partial charge >= 0.3 is 12.1 Å². The van der Waals surface area contributed by atoms with Gasteiger partial charge in [0.25, 0.3) is 0 Å². The lowest BCUT2D eigenvalue weighted by atomic mass is 10.2. The topological polar surface area (TPSA) is 97.3 Å². The molecule has 27 heavy (non-hydrogen) atoms.